The second-order valence-corrected chi connectivity index (χ2v) is 9.61. The second kappa shape index (κ2) is 7.55. The molecule has 0 atom stereocenters. The molecule has 22 heavy (non-hydrogen) atoms. The van der Waals surface area contributed by atoms with E-state index in [2.05, 4.69) is 105 Å². The Morgan fingerprint density at radius 2 is 0.955 bits per heavy atom. The molecule has 0 nitrogen and oxygen atoms in total. The van der Waals surface area contributed by atoms with Crippen LogP contribution in [0.1, 0.15) is 20.9 Å². The van der Waals surface area contributed by atoms with Crippen molar-refractivity contribution in [3.8, 4) is 0 Å². The lowest BCUT2D eigenvalue weighted by Gasteiger charge is -1.96. The average Bonchev–Trinajstić information content (AvgIpc) is 3.12. The van der Waals surface area contributed by atoms with Gasteiger partial charge in [0.05, 0.1) is 7.57 Å². The third-order valence-electron chi connectivity index (χ3n) is 3.00. The van der Waals surface area contributed by atoms with Gasteiger partial charge in [-0.05, 0) is 79.4 Å². The lowest BCUT2D eigenvalue weighted by Crippen LogP contribution is -1.74. The van der Waals surface area contributed by atoms with E-state index in [1.54, 1.807) is 22.7 Å². The Morgan fingerprint density at radius 1 is 0.545 bits per heavy atom. The van der Waals surface area contributed by atoms with E-state index >= 15 is 0 Å². The first-order chi connectivity index (χ1) is 10.7. The third-order valence-corrected chi connectivity index (χ3v) is 6.18. The van der Waals surface area contributed by atoms with Gasteiger partial charge in [-0.2, -0.15) is 0 Å². The van der Waals surface area contributed by atoms with Gasteiger partial charge in [0.2, 0.25) is 0 Å². The van der Waals surface area contributed by atoms with Gasteiger partial charge >= 0.3 is 0 Å². The summed E-state index contributed by atoms with van der Waals surface area (Å²) in [5, 5.41) is 0. The molecule has 0 unspecified atom stereocenters. The predicted octanol–water partition coefficient (Wildman–Crippen LogP) is 7.68. The van der Waals surface area contributed by atoms with Gasteiger partial charge in [0, 0.05) is 9.75 Å². The second-order valence-electron chi connectivity index (χ2n) is 4.62. The van der Waals surface area contributed by atoms with Gasteiger partial charge in [0.15, 0.2) is 0 Å². The fourth-order valence-corrected chi connectivity index (χ4v) is 4.56. The number of hydrogen-bond acceptors (Lipinski definition) is 2. The van der Waals surface area contributed by atoms with Crippen LogP contribution in [-0.2, 0) is 0 Å². The largest absolute Gasteiger partial charge is 0.129 e. The molecule has 1 aromatic carbocycles. The van der Waals surface area contributed by atoms with Crippen molar-refractivity contribution in [2.24, 2.45) is 0 Å². The molecule has 3 rings (SSSR count). The first kappa shape index (κ1) is 15.9. The maximum absolute atomic E-state index is 3.48. The summed E-state index contributed by atoms with van der Waals surface area (Å²) in [6.45, 7) is 0. The summed E-state index contributed by atoms with van der Waals surface area (Å²) in [5.74, 6) is 0. The third kappa shape index (κ3) is 4.53. The molecule has 110 valence electrons. The minimum Gasteiger partial charge on any atom is -0.129 e. The lowest BCUT2D eigenvalue weighted by atomic mass is 10.1. The molecule has 0 spiro atoms. The highest BCUT2D eigenvalue weighted by atomic mass is 79.9. The molecule has 0 aliphatic heterocycles. The van der Waals surface area contributed by atoms with Crippen molar-refractivity contribution < 1.29 is 0 Å². The first-order valence-electron chi connectivity index (χ1n) is 6.66. The van der Waals surface area contributed by atoms with E-state index in [0.717, 1.165) is 7.57 Å². The molecule has 0 N–H and O–H groups in total. The predicted molar refractivity (Wildman–Crippen MR) is 108 cm³/mol. The highest BCUT2D eigenvalue weighted by Gasteiger charge is 1.95. The standard InChI is InChI=1S/C18H12Br2S2/c19-17-11-9-15(21-17)7-5-13-1-2-14(4-3-13)6-8-16-10-12-18(20)22-16/h1-12H/b7-5+,8-6+. The molecule has 0 saturated heterocycles. The van der Waals surface area contributed by atoms with Crippen molar-refractivity contribution in [1.29, 1.82) is 0 Å². The van der Waals surface area contributed by atoms with Gasteiger partial charge in [-0.3, -0.25) is 0 Å². The zero-order chi connectivity index (χ0) is 15.4. The van der Waals surface area contributed by atoms with Crippen LogP contribution in [0.15, 0.2) is 56.1 Å². The van der Waals surface area contributed by atoms with E-state index in [4.69, 9.17) is 0 Å². The maximum Gasteiger partial charge on any atom is 0.0704 e. The molecule has 0 aliphatic rings. The van der Waals surface area contributed by atoms with Gasteiger partial charge in [-0.25, -0.2) is 0 Å². The average molecular weight is 452 g/mol. The van der Waals surface area contributed by atoms with E-state index in [1.165, 1.54) is 20.9 Å². The smallest absolute Gasteiger partial charge is 0.0704 e. The van der Waals surface area contributed by atoms with Crippen LogP contribution in [-0.4, -0.2) is 0 Å². The molecular weight excluding hydrogens is 440 g/mol. The number of hydrogen-bond donors (Lipinski definition) is 0. The Kier molecular flexibility index (Phi) is 5.47. The molecule has 2 aromatic heterocycles. The molecule has 0 fully saturated rings. The SMILES string of the molecule is Brc1ccc(/C=C/c2ccc(/C=C/c3ccc(Br)s3)cc2)s1. The van der Waals surface area contributed by atoms with E-state index in [9.17, 15) is 0 Å². The van der Waals surface area contributed by atoms with E-state index in [1.807, 2.05) is 0 Å². The van der Waals surface area contributed by atoms with Crippen molar-refractivity contribution in [3.05, 3.63) is 77.0 Å². The minimum atomic E-state index is 1.16. The number of rotatable bonds is 4. The molecule has 0 bridgehead atoms. The Balaban J connectivity index is 1.67. The van der Waals surface area contributed by atoms with Gasteiger partial charge in [-0.15, -0.1) is 22.7 Å². The van der Waals surface area contributed by atoms with Crippen LogP contribution in [0.3, 0.4) is 0 Å². The van der Waals surface area contributed by atoms with Gasteiger partial charge < -0.3 is 0 Å². The van der Waals surface area contributed by atoms with Crippen molar-refractivity contribution >= 4 is 78.8 Å². The summed E-state index contributed by atoms with van der Waals surface area (Å²) >= 11 is 10.4. The lowest BCUT2D eigenvalue weighted by molar-refractivity contribution is 1.63. The Bertz CT molecular complexity index is 738. The summed E-state index contributed by atoms with van der Waals surface area (Å²) in [5.41, 5.74) is 2.42. The molecule has 3 aromatic rings. The molecule has 0 aliphatic carbocycles. The first-order valence-corrected chi connectivity index (χ1v) is 9.88. The van der Waals surface area contributed by atoms with Crippen LogP contribution in [0.2, 0.25) is 0 Å². The monoisotopic (exact) mass is 450 g/mol. The van der Waals surface area contributed by atoms with Gasteiger partial charge in [-0.1, -0.05) is 36.4 Å². The quantitative estimate of drug-likeness (QED) is 0.381. The van der Waals surface area contributed by atoms with Crippen molar-refractivity contribution in [1.82, 2.24) is 0 Å². The summed E-state index contributed by atoms with van der Waals surface area (Å²) in [6.07, 6.45) is 8.57. The van der Waals surface area contributed by atoms with E-state index in [-0.39, 0.29) is 0 Å². The Labute approximate surface area is 155 Å². The Hall–Kier alpha value is -0.940. The summed E-state index contributed by atoms with van der Waals surface area (Å²) in [7, 11) is 0. The topological polar surface area (TPSA) is 0 Å². The summed E-state index contributed by atoms with van der Waals surface area (Å²) in [4.78, 5) is 2.50. The molecular formula is C18H12Br2S2. The zero-order valence-electron chi connectivity index (χ0n) is 11.5. The van der Waals surface area contributed by atoms with Gasteiger partial charge in [0.1, 0.15) is 0 Å². The van der Waals surface area contributed by atoms with Crippen LogP contribution in [0.4, 0.5) is 0 Å². The van der Waals surface area contributed by atoms with Crippen LogP contribution in [0.25, 0.3) is 24.3 Å². The molecule has 4 heteroatoms. The van der Waals surface area contributed by atoms with Crippen LogP contribution in [0, 0.1) is 0 Å². The van der Waals surface area contributed by atoms with Crippen molar-refractivity contribution in [2.45, 2.75) is 0 Å². The summed E-state index contributed by atoms with van der Waals surface area (Å²) < 4.78 is 2.32. The fourth-order valence-electron chi connectivity index (χ4n) is 1.91. The molecule has 0 radical (unpaired) electrons. The van der Waals surface area contributed by atoms with Crippen LogP contribution < -0.4 is 0 Å². The molecule has 2 heterocycles. The molecule has 0 amide bonds. The van der Waals surface area contributed by atoms with Gasteiger partial charge in [0.25, 0.3) is 0 Å². The fraction of sp³-hybridized carbons (Fsp3) is 0. The highest BCUT2D eigenvalue weighted by molar-refractivity contribution is 9.11. The van der Waals surface area contributed by atoms with Crippen molar-refractivity contribution in [2.75, 3.05) is 0 Å². The highest BCUT2D eigenvalue weighted by Crippen LogP contribution is 2.25. The maximum atomic E-state index is 3.48. The minimum absolute atomic E-state index is 1.16. The number of halogens is 2. The Morgan fingerprint density at radius 3 is 1.27 bits per heavy atom. The van der Waals surface area contributed by atoms with Crippen molar-refractivity contribution in [3.63, 3.8) is 0 Å². The van der Waals surface area contributed by atoms with Crippen LogP contribution >= 0.6 is 54.5 Å². The summed E-state index contributed by atoms with van der Waals surface area (Å²) in [6, 6.07) is 16.9. The number of benzene rings is 1. The van der Waals surface area contributed by atoms with E-state index < -0.39 is 0 Å². The van der Waals surface area contributed by atoms with Crippen LogP contribution in [0.5, 0.6) is 0 Å². The van der Waals surface area contributed by atoms with E-state index in [0.29, 0.717) is 0 Å². The normalized spacial score (nSPS) is 11.7. The zero-order valence-corrected chi connectivity index (χ0v) is 16.3. The number of thiophene rings is 2. The molecule has 0 saturated carbocycles.